The van der Waals surface area contributed by atoms with Crippen molar-refractivity contribution in [3.63, 3.8) is 0 Å². The fourth-order valence-corrected chi connectivity index (χ4v) is 9.76. The second-order valence-corrected chi connectivity index (χ2v) is 15.4. The van der Waals surface area contributed by atoms with Crippen molar-refractivity contribution in [1.82, 2.24) is 19.4 Å². The molecule has 6 heteroatoms. The SMILES string of the molecule is [C-]#[N+]c1ccc2c(c1)C1(c3ccccc3-c3ccc(-c4nc(-c5cccc(-c6c(-c7ccccc7)nc7ccccn67)c5)nc5ccccc45)cc31)c1cc(C#N)ccc1-2. The molecule has 60 heavy (non-hydrogen) atoms. The third-order valence-corrected chi connectivity index (χ3v) is 12.3. The van der Waals surface area contributed by atoms with Gasteiger partial charge in [0.25, 0.3) is 0 Å². The predicted molar refractivity (Wildman–Crippen MR) is 237 cm³/mol. The minimum Gasteiger partial charge on any atom is -0.299 e. The van der Waals surface area contributed by atoms with Gasteiger partial charge in [0.15, 0.2) is 11.5 Å². The van der Waals surface area contributed by atoms with E-state index < -0.39 is 5.41 Å². The number of para-hydroxylation sites is 1. The molecule has 0 aliphatic heterocycles. The van der Waals surface area contributed by atoms with Gasteiger partial charge >= 0.3 is 0 Å². The Hall–Kier alpha value is -8.45. The Labute approximate surface area is 345 Å². The van der Waals surface area contributed by atoms with Crippen LogP contribution in [-0.4, -0.2) is 19.4 Å². The van der Waals surface area contributed by atoms with Crippen LogP contribution in [0.2, 0.25) is 0 Å². The minimum atomic E-state index is -0.745. The molecule has 6 nitrogen and oxygen atoms in total. The molecule has 2 aliphatic carbocycles. The molecule has 276 valence electrons. The predicted octanol–water partition coefficient (Wildman–Crippen LogP) is 12.7. The zero-order chi connectivity index (χ0) is 40.0. The number of rotatable bonds is 4. The van der Waals surface area contributed by atoms with Gasteiger partial charge in [-0.25, -0.2) is 19.8 Å². The Bertz CT molecular complexity index is 3470. The van der Waals surface area contributed by atoms with Gasteiger partial charge in [-0.1, -0.05) is 133 Å². The molecule has 0 amide bonds. The number of hydrogen-bond acceptors (Lipinski definition) is 4. The van der Waals surface area contributed by atoms with Gasteiger partial charge in [-0.05, 0) is 87.0 Å². The summed E-state index contributed by atoms with van der Waals surface area (Å²) >= 11 is 0. The maximum absolute atomic E-state index is 10.2. The van der Waals surface area contributed by atoms with E-state index in [2.05, 4.69) is 125 Å². The summed E-state index contributed by atoms with van der Waals surface area (Å²) in [5, 5.41) is 11.1. The molecule has 0 fully saturated rings. The van der Waals surface area contributed by atoms with Crippen LogP contribution < -0.4 is 0 Å². The molecule has 1 atom stereocenters. The Morgan fingerprint density at radius 2 is 1.22 bits per heavy atom. The first-order chi connectivity index (χ1) is 29.6. The van der Waals surface area contributed by atoms with Crippen LogP contribution in [0.1, 0.15) is 27.8 Å². The number of aromatic nitrogens is 4. The van der Waals surface area contributed by atoms with Crippen LogP contribution in [0.15, 0.2) is 182 Å². The first kappa shape index (κ1) is 33.7. The first-order valence-electron chi connectivity index (χ1n) is 19.9. The highest BCUT2D eigenvalue weighted by molar-refractivity contribution is 5.99. The van der Waals surface area contributed by atoms with E-state index in [1.165, 1.54) is 0 Å². The molecule has 3 heterocycles. The Balaban J connectivity index is 1.08. The maximum atomic E-state index is 10.2. The molecule has 3 aromatic heterocycles. The topological polar surface area (TPSA) is 71.2 Å². The van der Waals surface area contributed by atoms with Crippen LogP contribution >= 0.6 is 0 Å². The van der Waals surface area contributed by atoms with Gasteiger partial charge in [0.05, 0.1) is 46.2 Å². The van der Waals surface area contributed by atoms with Crippen LogP contribution in [-0.2, 0) is 5.41 Å². The standard InChI is InChI=1S/C54H30N6/c1-56-38-23-26-42-40-24-21-33(32-55)28-45(40)54(47(42)31-38)44-18-7-5-16-39(44)41-25-22-35(30-46(41)54)50-43-17-6-8-19-48(43)57-53(59-50)37-15-11-14-36(29-37)52-51(34-12-3-2-4-13-34)58-49-20-9-10-27-60(49)52/h2-31H. The van der Waals surface area contributed by atoms with E-state index in [0.29, 0.717) is 17.1 Å². The van der Waals surface area contributed by atoms with Crippen molar-refractivity contribution in [2.45, 2.75) is 5.41 Å². The molecule has 1 spiro atoms. The number of hydrogen-bond donors (Lipinski definition) is 0. The number of nitrogens with zero attached hydrogens (tertiary/aromatic N) is 6. The van der Waals surface area contributed by atoms with E-state index in [0.717, 1.165) is 100 Å². The molecule has 2 aliphatic rings. The summed E-state index contributed by atoms with van der Waals surface area (Å²) in [6.45, 7) is 8.00. The molecular weight excluding hydrogens is 733 g/mol. The highest BCUT2D eigenvalue weighted by Gasteiger charge is 2.52. The van der Waals surface area contributed by atoms with Gasteiger partial charge in [-0.2, -0.15) is 5.26 Å². The van der Waals surface area contributed by atoms with Crippen LogP contribution in [0, 0.1) is 17.9 Å². The fraction of sp³-hybridized carbons (Fsp3) is 0.0185. The van der Waals surface area contributed by atoms with E-state index in [9.17, 15) is 5.26 Å². The monoisotopic (exact) mass is 762 g/mol. The van der Waals surface area contributed by atoms with E-state index in [1.807, 2.05) is 72.8 Å². The molecule has 10 aromatic rings. The van der Waals surface area contributed by atoms with Gasteiger partial charge in [0, 0.05) is 33.8 Å². The number of benzene rings is 7. The van der Waals surface area contributed by atoms with E-state index in [-0.39, 0.29) is 0 Å². The molecule has 0 saturated heterocycles. The quantitative estimate of drug-likeness (QED) is 0.167. The van der Waals surface area contributed by atoms with Gasteiger partial charge in [-0.15, -0.1) is 0 Å². The zero-order valence-corrected chi connectivity index (χ0v) is 32.0. The first-order valence-corrected chi connectivity index (χ1v) is 19.9. The van der Waals surface area contributed by atoms with Crippen LogP contribution in [0.25, 0.3) is 88.8 Å². The van der Waals surface area contributed by atoms with Crippen molar-refractivity contribution in [2.75, 3.05) is 0 Å². The number of fused-ring (bicyclic) bond motifs is 12. The number of pyridine rings is 1. The molecule has 0 saturated carbocycles. The highest BCUT2D eigenvalue weighted by Crippen LogP contribution is 2.63. The average molecular weight is 763 g/mol. The smallest absolute Gasteiger partial charge is 0.187 e. The Kier molecular flexibility index (Phi) is 7.17. The van der Waals surface area contributed by atoms with Crippen molar-refractivity contribution in [3.8, 4) is 73.5 Å². The highest BCUT2D eigenvalue weighted by atomic mass is 15.0. The second kappa shape index (κ2) is 12.8. The van der Waals surface area contributed by atoms with Gasteiger partial charge in [-0.3, -0.25) is 4.40 Å². The van der Waals surface area contributed by atoms with Gasteiger partial charge in [0.2, 0.25) is 0 Å². The summed E-state index contributed by atoms with van der Waals surface area (Å²) in [5.41, 5.74) is 17.6. The molecule has 0 N–H and O–H groups in total. The van der Waals surface area contributed by atoms with Crippen LogP contribution in [0.3, 0.4) is 0 Å². The third-order valence-electron chi connectivity index (χ3n) is 12.3. The van der Waals surface area contributed by atoms with E-state index in [1.54, 1.807) is 0 Å². The number of nitriles is 1. The van der Waals surface area contributed by atoms with Crippen molar-refractivity contribution in [1.29, 1.82) is 5.26 Å². The normalized spacial score (nSPS) is 14.4. The lowest BCUT2D eigenvalue weighted by Crippen LogP contribution is -2.26. The minimum absolute atomic E-state index is 0.581. The maximum Gasteiger partial charge on any atom is 0.187 e. The largest absolute Gasteiger partial charge is 0.299 e. The van der Waals surface area contributed by atoms with Crippen molar-refractivity contribution in [2.24, 2.45) is 0 Å². The molecule has 1 unspecified atom stereocenters. The van der Waals surface area contributed by atoms with E-state index >= 15 is 0 Å². The summed E-state index contributed by atoms with van der Waals surface area (Å²) in [6, 6.07) is 62.7. The summed E-state index contributed by atoms with van der Waals surface area (Å²) in [4.78, 5) is 19.6. The molecule has 0 radical (unpaired) electrons. The van der Waals surface area contributed by atoms with E-state index in [4.69, 9.17) is 21.5 Å². The lowest BCUT2D eigenvalue weighted by molar-refractivity contribution is 0.794. The molecule has 7 aromatic carbocycles. The molecule has 0 bridgehead atoms. The Morgan fingerprint density at radius 1 is 0.517 bits per heavy atom. The molecule has 12 rings (SSSR count). The Morgan fingerprint density at radius 3 is 2.08 bits per heavy atom. The van der Waals surface area contributed by atoms with Crippen molar-refractivity contribution >= 4 is 22.2 Å². The summed E-state index contributed by atoms with van der Waals surface area (Å²) in [6.07, 6.45) is 2.06. The lowest BCUT2D eigenvalue weighted by atomic mass is 9.70. The lowest BCUT2D eigenvalue weighted by Gasteiger charge is -2.31. The second-order valence-electron chi connectivity index (χ2n) is 15.4. The third kappa shape index (κ3) is 4.71. The van der Waals surface area contributed by atoms with Gasteiger partial charge in [0.1, 0.15) is 5.65 Å². The number of imidazole rings is 1. The van der Waals surface area contributed by atoms with Crippen molar-refractivity contribution < 1.29 is 0 Å². The zero-order valence-electron chi connectivity index (χ0n) is 32.0. The summed E-state index contributed by atoms with van der Waals surface area (Å²) in [7, 11) is 0. The fourth-order valence-electron chi connectivity index (χ4n) is 9.76. The van der Waals surface area contributed by atoms with Crippen molar-refractivity contribution in [3.05, 3.63) is 221 Å². The molecular formula is C54H30N6. The van der Waals surface area contributed by atoms with Gasteiger partial charge < -0.3 is 0 Å². The van der Waals surface area contributed by atoms with Crippen LogP contribution in [0.5, 0.6) is 0 Å². The van der Waals surface area contributed by atoms with Crippen LogP contribution in [0.4, 0.5) is 5.69 Å². The summed E-state index contributed by atoms with van der Waals surface area (Å²) < 4.78 is 2.15. The average Bonchev–Trinajstić information content (AvgIpc) is 3.95. The summed E-state index contributed by atoms with van der Waals surface area (Å²) in [5.74, 6) is 0.621.